The second kappa shape index (κ2) is 5.65. The van der Waals surface area contributed by atoms with Gasteiger partial charge in [-0.3, -0.25) is 4.68 Å². The Hall–Kier alpha value is -0.870. The maximum absolute atomic E-state index is 9.49. The van der Waals surface area contributed by atoms with E-state index in [2.05, 4.69) is 23.6 Å². The number of hydrogen-bond acceptors (Lipinski definition) is 3. The van der Waals surface area contributed by atoms with Crippen molar-refractivity contribution in [2.24, 2.45) is 0 Å². The van der Waals surface area contributed by atoms with E-state index in [1.54, 1.807) is 0 Å². The molecular weight excluding hydrogens is 216 g/mol. The molecule has 2 heterocycles. The molecule has 17 heavy (non-hydrogen) atoms. The van der Waals surface area contributed by atoms with E-state index in [-0.39, 0.29) is 6.61 Å². The van der Waals surface area contributed by atoms with Crippen LogP contribution in [-0.4, -0.2) is 28.1 Å². The first-order valence-electron chi connectivity index (χ1n) is 6.59. The molecule has 0 saturated carbocycles. The van der Waals surface area contributed by atoms with Crippen LogP contribution in [0.15, 0.2) is 0 Å². The van der Waals surface area contributed by atoms with Gasteiger partial charge < -0.3 is 9.84 Å². The molecule has 1 aromatic rings. The van der Waals surface area contributed by atoms with E-state index in [0.717, 1.165) is 50.2 Å². The Morgan fingerprint density at radius 1 is 1.41 bits per heavy atom. The van der Waals surface area contributed by atoms with E-state index in [0.29, 0.717) is 6.04 Å². The lowest BCUT2D eigenvalue weighted by Crippen LogP contribution is -2.23. The van der Waals surface area contributed by atoms with Crippen LogP contribution in [-0.2, 0) is 24.2 Å². The Bertz CT molecular complexity index is 368. The monoisotopic (exact) mass is 238 g/mol. The summed E-state index contributed by atoms with van der Waals surface area (Å²) in [4.78, 5) is 0. The van der Waals surface area contributed by atoms with E-state index in [9.17, 15) is 5.11 Å². The zero-order valence-electron chi connectivity index (χ0n) is 10.8. The molecule has 1 aromatic heterocycles. The molecule has 0 spiro atoms. The zero-order chi connectivity index (χ0) is 12.3. The summed E-state index contributed by atoms with van der Waals surface area (Å²) in [6.07, 6.45) is 4.02. The second-order valence-corrected chi connectivity index (χ2v) is 4.55. The standard InChI is InChI=1S/C13H22N2O2/c1-3-12-11(8-16)13(4-2)15(14-12)10-6-5-7-17-9-10/h10,16H,3-9H2,1-2H3. The molecule has 1 aliphatic heterocycles. The maximum Gasteiger partial charge on any atom is 0.0756 e. The molecule has 0 aliphatic carbocycles. The molecule has 1 unspecified atom stereocenters. The Kier molecular flexibility index (Phi) is 4.18. The molecule has 0 radical (unpaired) electrons. The molecule has 4 nitrogen and oxygen atoms in total. The predicted octanol–water partition coefficient (Wildman–Crippen LogP) is 1.85. The van der Waals surface area contributed by atoms with E-state index in [4.69, 9.17) is 4.74 Å². The van der Waals surface area contributed by atoms with Gasteiger partial charge in [-0.05, 0) is 25.7 Å². The average Bonchev–Trinajstić information content (AvgIpc) is 2.77. The summed E-state index contributed by atoms with van der Waals surface area (Å²) in [5, 5.41) is 14.2. The number of aromatic nitrogens is 2. The van der Waals surface area contributed by atoms with Gasteiger partial charge in [0.1, 0.15) is 0 Å². The van der Waals surface area contributed by atoms with Gasteiger partial charge in [-0.15, -0.1) is 0 Å². The molecule has 0 aromatic carbocycles. The predicted molar refractivity (Wildman–Crippen MR) is 66.0 cm³/mol. The van der Waals surface area contributed by atoms with Gasteiger partial charge >= 0.3 is 0 Å². The lowest BCUT2D eigenvalue weighted by atomic mass is 10.1. The molecule has 4 heteroatoms. The minimum absolute atomic E-state index is 0.0971. The minimum Gasteiger partial charge on any atom is -0.392 e. The summed E-state index contributed by atoms with van der Waals surface area (Å²) < 4.78 is 7.63. The van der Waals surface area contributed by atoms with Crippen molar-refractivity contribution in [3.05, 3.63) is 17.0 Å². The summed E-state index contributed by atoms with van der Waals surface area (Å²) in [6, 6.07) is 0.351. The van der Waals surface area contributed by atoms with Gasteiger partial charge in [0, 0.05) is 17.9 Å². The lowest BCUT2D eigenvalue weighted by molar-refractivity contribution is 0.0537. The SMILES string of the molecule is CCc1nn(C2CCCOC2)c(CC)c1CO. The van der Waals surface area contributed by atoms with Crippen LogP contribution in [0.4, 0.5) is 0 Å². The molecule has 1 aliphatic rings. The molecule has 1 saturated heterocycles. The van der Waals surface area contributed by atoms with Gasteiger partial charge in [0.2, 0.25) is 0 Å². The van der Waals surface area contributed by atoms with E-state index < -0.39 is 0 Å². The van der Waals surface area contributed by atoms with Crippen molar-refractivity contribution in [2.45, 2.75) is 52.2 Å². The van der Waals surface area contributed by atoms with Crippen LogP contribution in [0.25, 0.3) is 0 Å². The van der Waals surface area contributed by atoms with Gasteiger partial charge in [0.25, 0.3) is 0 Å². The Labute approximate surface area is 103 Å². The summed E-state index contributed by atoms with van der Waals surface area (Å²) in [5.74, 6) is 0. The van der Waals surface area contributed by atoms with E-state index in [1.165, 1.54) is 5.69 Å². The van der Waals surface area contributed by atoms with Crippen molar-refractivity contribution in [1.82, 2.24) is 9.78 Å². The fourth-order valence-electron chi connectivity index (χ4n) is 2.62. The van der Waals surface area contributed by atoms with Crippen LogP contribution in [0.1, 0.15) is 49.7 Å². The molecule has 1 atom stereocenters. The number of aliphatic hydroxyl groups is 1. The van der Waals surface area contributed by atoms with Crippen molar-refractivity contribution in [3.8, 4) is 0 Å². The quantitative estimate of drug-likeness (QED) is 0.871. The maximum atomic E-state index is 9.49. The first-order valence-corrected chi connectivity index (χ1v) is 6.59. The molecule has 0 amide bonds. The van der Waals surface area contributed by atoms with E-state index in [1.807, 2.05) is 0 Å². The molecule has 1 N–H and O–H groups in total. The van der Waals surface area contributed by atoms with Crippen LogP contribution >= 0.6 is 0 Å². The summed E-state index contributed by atoms with van der Waals surface area (Å²) >= 11 is 0. The van der Waals surface area contributed by atoms with Gasteiger partial charge in [-0.25, -0.2) is 0 Å². The van der Waals surface area contributed by atoms with Crippen molar-refractivity contribution in [3.63, 3.8) is 0 Å². The normalized spacial score (nSPS) is 20.8. The fourth-order valence-corrected chi connectivity index (χ4v) is 2.62. The fraction of sp³-hybridized carbons (Fsp3) is 0.769. The summed E-state index contributed by atoms with van der Waals surface area (Å²) in [7, 11) is 0. The highest BCUT2D eigenvalue weighted by molar-refractivity contribution is 5.26. The Balaban J connectivity index is 2.34. The molecule has 2 rings (SSSR count). The third-order valence-corrected chi connectivity index (χ3v) is 3.51. The molecular formula is C13H22N2O2. The first kappa shape index (κ1) is 12.6. The van der Waals surface area contributed by atoms with Crippen LogP contribution in [0.2, 0.25) is 0 Å². The number of aryl methyl sites for hydroxylation is 1. The van der Waals surface area contributed by atoms with Gasteiger partial charge in [-0.1, -0.05) is 13.8 Å². The highest BCUT2D eigenvalue weighted by Crippen LogP contribution is 2.25. The largest absolute Gasteiger partial charge is 0.392 e. The smallest absolute Gasteiger partial charge is 0.0756 e. The van der Waals surface area contributed by atoms with Crippen molar-refractivity contribution in [1.29, 1.82) is 0 Å². The van der Waals surface area contributed by atoms with Gasteiger partial charge in [-0.2, -0.15) is 5.10 Å². The minimum atomic E-state index is 0.0971. The third-order valence-electron chi connectivity index (χ3n) is 3.51. The number of rotatable bonds is 4. The molecule has 0 bridgehead atoms. The van der Waals surface area contributed by atoms with E-state index >= 15 is 0 Å². The second-order valence-electron chi connectivity index (χ2n) is 4.55. The van der Waals surface area contributed by atoms with Crippen LogP contribution in [0.3, 0.4) is 0 Å². The number of hydrogen-bond donors (Lipinski definition) is 1. The first-order chi connectivity index (χ1) is 8.31. The number of aliphatic hydroxyl groups excluding tert-OH is 1. The lowest BCUT2D eigenvalue weighted by Gasteiger charge is -2.24. The van der Waals surface area contributed by atoms with Crippen LogP contribution in [0.5, 0.6) is 0 Å². The third kappa shape index (κ3) is 2.38. The Morgan fingerprint density at radius 2 is 2.24 bits per heavy atom. The zero-order valence-corrected chi connectivity index (χ0v) is 10.8. The van der Waals surface area contributed by atoms with Crippen molar-refractivity contribution in [2.75, 3.05) is 13.2 Å². The highest BCUT2D eigenvalue weighted by atomic mass is 16.5. The van der Waals surface area contributed by atoms with Crippen molar-refractivity contribution < 1.29 is 9.84 Å². The van der Waals surface area contributed by atoms with Gasteiger partial charge in [0.15, 0.2) is 0 Å². The Morgan fingerprint density at radius 3 is 2.76 bits per heavy atom. The molecule has 1 fully saturated rings. The van der Waals surface area contributed by atoms with Gasteiger partial charge in [0.05, 0.1) is 24.9 Å². The van der Waals surface area contributed by atoms with Crippen LogP contribution < -0.4 is 0 Å². The molecule has 96 valence electrons. The van der Waals surface area contributed by atoms with Crippen LogP contribution in [0, 0.1) is 0 Å². The number of nitrogens with zero attached hydrogens (tertiary/aromatic N) is 2. The number of ether oxygens (including phenoxy) is 1. The summed E-state index contributed by atoms with van der Waals surface area (Å²) in [5.41, 5.74) is 3.25. The highest BCUT2D eigenvalue weighted by Gasteiger charge is 2.22. The topological polar surface area (TPSA) is 47.3 Å². The summed E-state index contributed by atoms with van der Waals surface area (Å²) in [6.45, 7) is 5.92. The average molecular weight is 238 g/mol. The van der Waals surface area contributed by atoms with Crippen molar-refractivity contribution >= 4 is 0 Å².